The predicted molar refractivity (Wildman–Crippen MR) is 79.2 cm³/mol. The number of nitrogens with zero attached hydrogens (tertiary/aromatic N) is 1. The molecule has 1 amide bonds. The van der Waals surface area contributed by atoms with Crippen LogP contribution >= 0.6 is 0 Å². The Morgan fingerprint density at radius 3 is 2.50 bits per heavy atom. The summed E-state index contributed by atoms with van der Waals surface area (Å²) >= 11 is 0. The summed E-state index contributed by atoms with van der Waals surface area (Å²) in [6.07, 6.45) is 3.31. The van der Waals surface area contributed by atoms with Crippen LogP contribution in [0.3, 0.4) is 0 Å². The molecule has 5 heteroatoms. The van der Waals surface area contributed by atoms with Gasteiger partial charge in [0.15, 0.2) is 0 Å². The van der Waals surface area contributed by atoms with Crippen molar-refractivity contribution in [3.8, 4) is 0 Å². The van der Waals surface area contributed by atoms with Crippen LogP contribution in [0, 0.1) is 0 Å². The first kappa shape index (κ1) is 13.1. The van der Waals surface area contributed by atoms with Gasteiger partial charge in [-0.15, -0.1) is 0 Å². The minimum atomic E-state index is -0.927. The lowest BCUT2D eigenvalue weighted by atomic mass is 10.0. The van der Waals surface area contributed by atoms with Crippen molar-refractivity contribution in [1.29, 1.82) is 0 Å². The molecule has 4 N–H and O–H groups in total. The fourth-order valence-electron chi connectivity index (χ4n) is 2.95. The predicted octanol–water partition coefficient (Wildman–Crippen LogP) is 2.38. The molecule has 20 heavy (non-hydrogen) atoms. The van der Waals surface area contributed by atoms with E-state index in [0.717, 1.165) is 31.6 Å². The molecule has 3 rings (SSSR count). The van der Waals surface area contributed by atoms with Crippen LogP contribution in [0.15, 0.2) is 18.2 Å². The Morgan fingerprint density at radius 1 is 1.20 bits per heavy atom. The maximum atomic E-state index is 10.6. The Morgan fingerprint density at radius 2 is 1.90 bits per heavy atom. The van der Waals surface area contributed by atoms with Gasteiger partial charge in [-0.05, 0) is 55.4 Å². The summed E-state index contributed by atoms with van der Waals surface area (Å²) in [6, 6.07) is 6.43. The highest BCUT2D eigenvalue weighted by Gasteiger charge is 2.26. The summed E-state index contributed by atoms with van der Waals surface area (Å²) < 4.78 is 0. The van der Waals surface area contributed by atoms with Crippen LogP contribution in [0.25, 0.3) is 0 Å². The van der Waals surface area contributed by atoms with E-state index in [2.05, 4.69) is 22.3 Å². The Labute approximate surface area is 118 Å². The van der Waals surface area contributed by atoms with E-state index in [-0.39, 0.29) is 6.04 Å². The van der Waals surface area contributed by atoms with Crippen LogP contribution in [0.5, 0.6) is 0 Å². The molecule has 1 aliphatic carbocycles. The van der Waals surface area contributed by atoms with Crippen molar-refractivity contribution in [3.63, 3.8) is 0 Å². The molecular weight excluding hydrogens is 254 g/mol. The van der Waals surface area contributed by atoms with Crippen molar-refractivity contribution in [2.75, 3.05) is 23.7 Å². The molecule has 0 atom stereocenters. The van der Waals surface area contributed by atoms with Gasteiger partial charge < -0.3 is 21.1 Å². The molecule has 1 aliphatic heterocycles. The van der Waals surface area contributed by atoms with Crippen molar-refractivity contribution in [1.82, 2.24) is 5.32 Å². The number of carbonyl (C=O) groups is 1. The first-order valence-corrected chi connectivity index (χ1v) is 7.26. The minimum absolute atomic E-state index is 0.0766. The first-order valence-electron chi connectivity index (χ1n) is 7.26. The minimum Gasteiger partial charge on any atom is -0.465 e. The second-order valence-corrected chi connectivity index (χ2v) is 5.84. The van der Waals surface area contributed by atoms with Gasteiger partial charge in [-0.3, -0.25) is 0 Å². The molecule has 1 saturated heterocycles. The fourth-order valence-corrected chi connectivity index (χ4v) is 2.95. The van der Waals surface area contributed by atoms with Crippen molar-refractivity contribution >= 4 is 17.5 Å². The maximum Gasteiger partial charge on any atom is 0.404 e. The Balaban J connectivity index is 1.67. The first-order chi connectivity index (χ1) is 9.61. The van der Waals surface area contributed by atoms with E-state index in [9.17, 15) is 4.79 Å². The lowest BCUT2D eigenvalue weighted by Gasteiger charge is -2.33. The number of hydrogen-bond acceptors (Lipinski definition) is 3. The zero-order chi connectivity index (χ0) is 14.1. The Bertz CT molecular complexity index is 506. The normalized spacial score (nSPS) is 19.9. The number of amides is 1. The van der Waals surface area contributed by atoms with Gasteiger partial charge in [0.25, 0.3) is 0 Å². The topological polar surface area (TPSA) is 78.6 Å². The SMILES string of the molecule is Nc1cc(C2CC2)cc(N2CCC(NC(=O)O)CC2)c1. The molecule has 1 heterocycles. The van der Waals surface area contributed by atoms with Crippen LogP contribution < -0.4 is 16.0 Å². The average molecular weight is 275 g/mol. The van der Waals surface area contributed by atoms with E-state index < -0.39 is 6.09 Å². The molecule has 2 fully saturated rings. The molecule has 0 spiro atoms. The van der Waals surface area contributed by atoms with E-state index in [1.807, 2.05) is 6.07 Å². The van der Waals surface area contributed by atoms with Gasteiger partial charge in [0.05, 0.1) is 0 Å². The highest BCUT2D eigenvalue weighted by atomic mass is 16.4. The van der Waals surface area contributed by atoms with Crippen LogP contribution in [0.2, 0.25) is 0 Å². The van der Waals surface area contributed by atoms with Crippen LogP contribution in [-0.4, -0.2) is 30.3 Å². The zero-order valence-electron chi connectivity index (χ0n) is 11.5. The molecular formula is C15H21N3O2. The largest absolute Gasteiger partial charge is 0.465 e. The zero-order valence-corrected chi connectivity index (χ0v) is 11.5. The van der Waals surface area contributed by atoms with Crippen LogP contribution in [0.4, 0.5) is 16.2 Å². The number of piperidine rings is 1. The number of hydrogen-bond donors (Lipinski definition) is 3. The highest BCUT2D eigenvalue weighted by Crippen LogP contribution is 2.42. The number of nitrogens with two attached hydrogens (primary N) is 1. The lowest BCUT2D eigenvalue weighted by molar-refractivity contribution is 0.187. The second kappa shape index (κ2) is 5.23. The van der Waals surface area contributed by atoms with Gasteiger partial charge in [0, 0.05) is 30.5 Å². The number of nitrogens with one attached hydrogen (secondary N) is 1. The van der Waals surface area contributed by atoms with Crippen LogP contribution in [0.1, 0.15) is 37.2 Å². The summed E-state index contributed by atoms with van der Waals surface area (Å²) in [5.41, 5.74) is 9.37. The van der Waals surface area contributed by atoms with Gasteiger partial charge in [-0.1, -0.05) is 0 Å². The molecule has 2 aliphatic rings. The molecule has 1 aromatic rings. The molecule has 5 nitrogen and oxygen atoms in total. The second-order valence-electron chi connectivity index (χ2n) is 5.84. The van der Waals surface area contributed by atoms with Crippen LogP contribution in [-0.2, 0) is 0 Å². The van der Waals surface area contributed by atoms with E-state index in [1.54, 1.807) is 0 Å². The van der Waals surface area contributed by atoms with Gasteiger partial charge in [-0.2, -0.15) is 0 Å². The van der Waals surface area contributed by atoms with Crippen molar-refractivity contribution < 1.29 is 9.90 Å². The molecule has 108 valence electrons. The molecule has 1 saturated carbocycles. The number of nitrogen functional groups attached to an aromatic ring is 1. The van der Waals surface area contributed by atoms with Gasteiger partial charge in [0.2, 0.25) is 0 Å². The Hall–Kier alpha value is -1.91. The summed E-state index contributed by atoms with van der Waals surface area (Å²) in [6.45, 7) is 1.75. The smallest absolute Gasteiger partial charge is 0.404 e. The monoisotopic (exact) mass is 275 g/mol. The highest BCUT2D eigenvalue weighted by molar-refractivity contribution is 5.65. The fraction of sp³-hybridized carbons (Fsp3) is 0.533. The van der Waals surface area contributed by atoms with E-state index >= 15 is 0 Å². The third-order valence-electron chi connectivity index (χ3n) is 4.20. The van der Waals surface area contributed by atoms with Gasteiger partial charge in [-0.25, -0.2) is 4.79 Å². The molecule has 0 aromatic heterocycles. The summed E-state index contributed by atoms with van der Waals surface area (Å²) in [5, 5.41) is 11.3. The molecule has 0 unspecified atom stereocenters. The van der Waals surface area contributed by atoms with Gasteiger partial charge in [0.1, 0.15) is 0 Å². The molecule has 1 aromatic carbocycles. The van der Waals surface area contributed by atoms with Crippen molar-refractivity contribution in [3.05, 3.63) is 23.8 Å². The quantitative estimate of drug-likeness (QED) is 0.740. The summed E-state index contributed by atoms with van der Waals surface area (Å²) in [5.74, 6) is 0.698. The summed E-state index contributed by atoms with van der Waals surface area (Å²) in [7, 11) is 0. The standard InChI is InChI=1S/C15H21N3O2/c16-12-7-11(10-1-2-10)8-14(9-12)18-5-3-13(4-6-18)17-15(19)20/h7-10,13,17H,1-6,16H2,(H,19,20). The molecule has 0 bridgehead atoms. The lowest BCUT2D eigenvalue weighted by Crippen LogP contribution is -2.44. The number of anilines is 2. The van der Waals surface area contributed by atoms with E-state index in [1.165, 1.54) is 24.1 Å². The van der Waals surface area contributed by atoms with E-state index in [0.29, 0.717) is 5.92 Å². The Kier molecular flexibility index (Phi) is 3.42. The summed E-state index contributed by atoms with van der Waals surface area (Å²) in [4.78, 5) is 13.0. The third kappa shape index (κ3) is 2.98. The van der Waals surface area contributed by atoms with Gasteiger partial charge >= 0.3 is 6.09 Å². The third-order valence-corrected chi connectivity index (χ3v) is 4.20. The van der Waals surface area contributed by atoms with Crippen molar-refractivity contribution in [2.45, 2.75) is 37.6 Å². The number of rotatable bonds is 3. The number of benzene rings is 1. The van der Waals surface area contributed by atoms with E-state index in [4.69, 9.17) is 10.8 Å². The van der Waals surface area contributed by atoms with Crippen molar-refractivity contribution in [2.24, 2.45) is 0 Å². The number of carboxylic acid groups (broad SMARTS) is 1. The average Bonchev–Trinajstić information content (AvgIpc) is 3.22. The maximum absolute atomic E-state index is 10.6. The molecule has 0 radical (unpaired) electrons.